The minimum absolute atomic E-state index is 0.274. The van der Waals surface area contributed by atoms with Gasteiger partial charge in [-0.25, -0.2) is 4.68 Å². The number of nitrogens with zero attached hydrogens (tertiary/aromatic N) is 3. The number of aromatic nitrogens is 3. The van der Waals surface area contributed by atoms with Gasteiger partial charge in [0.25, 0.3) is 5.91 Å². The number of anilines is 2. The first kappa shape index (κ1) is 18.8. The van der Waals surface area contributed by atoms with Crippen molar-refractivity contribution in [2.75, 3.05) is 10.6 Å². The van der Waals surface area contributed by atoms with Crippen molar-refractivity contribution in [1.82, 2.24) is 14.8 Å². The van der Waals surface area contributed by atoms with Gasteiger partial charge in [0, 0.05) is 16.4 Å². The zero-order valence-corrected chi connectivity index (χ0v) is 16.8. The lowest BCUT2D eigenvalue weighted by molar-refractivity contribution is -0.113. The Morgan fingerprint density at radius 1 is 1.11 bits per heavy atom. The molecule has 0 bridgehead atoms. The number of halogens is 3. The van der Waals surface area contributed by atoms with E-state index in [-0.39, 0.29) is 5.91 Å². The SMILES string of the molecule is CC1=C(C(=O)Nc2ccc(Cl)cc2)C(c2ccc(Cl)c(Cl)c2)n2ncnc2N1. The van der Waals surface area contributed by atoms with Gasteiger partial charge in [0.15, 0.2) is 0 Å². The number of hydrogen-bond acceptors (Lipinski definition) is 4. The van der Waals surface area contributed by atoms with Gasteiger partial charge in [0.05, 0.1) is 15.6 Å². The van der Waals surface area contributed by atoms with E-state index in [9.17, 15) is 4.79 Å². The van der Waals surface area contributed by atoms with Crippen molar-refractivity contribution in [3.63, 3.8) is 0 Å². The fourth-order valence-electron chi connectivity index (χ4n) is 3.11. The van der Waals surface area contributed by atoms with Crippen LogP contribution in [-0.4, -0.2) is 20.7 Å². The Hall–Kier alpha value is -2.54. The molecule has 1 aromatic heterocycles. The molecule has 2 N–H and O–H groups in total. The summed E-state index contributed by atoms with van der Waals surface area (Å²) in [6.07, 6.45) is 1.43. The summed E-state index contributed by atoms with van der Waals surface area (Å²) < 4.78 is 1.64. The number of allylic oxidation sites excluding steroid dienone is 1. The number of rotatable bonds is 3. The average Bonchev–Trinajstić information content (AvgIpc) is 3.12. The highest BCUT2D eigenvalue weighted by Crippen LogP contribution is 2.37. The molecule has 0 radical (unpaired) electrons. The van der Waals surface area contributed by atoms with E-state index in [0.29, 0.717) is 38.0 Å². The first-order valence-corrected chi connectivity index (χ1v) is 9.46. The van der Waals surface area contributed by atoms with Gasteiger partial charge in [0.2, 0.25) is 5.95 Å². The fraction of sp³-hybridized carbons (Fsp3) is 0.105. The standard InChI is InChI=1S/C19H14Cl3N5O/c1-10-16(18(28)26-13-5-3-12(20)4-6-13)17(27-19(25-10)23-9-24-27)11-2-7-14(21)15(22)8-11/h2-9,17H,1H3,(H,26,28)(H,23,24,25). The number of hydrogen-bond donors (Lipinski definition) is 2. The largest absolute Gasteiger partial charge is 0.328 e. The van der Waals surface area contributed by atoms with Crippen molar-refractivity contribution in [3.05, 3.63) is 80.7 Å². The highest BCUT2D eigenvalue weighted by atomic mass is 35.5. The van der Waals surface area contributed by atoms with Crippen LogP contribution in [0.4, 0.5) is 11.6 Å². The highest BCUT2D eigenvalue weighted by molar-refractivity contribution is 6.42. The predicted octanol–water partition coefficient (Wildman–Crippen LogP) is 5.17. The molecule has 1 amide bonds. The van der Waals surface area contributed by atoms with Crippen LogP contribution in [0, 0.1) is 0 Å². The molecule has 2 heterocycles. The molecule has 0 aliphatic carbocycles. The third-order valence-corrected chi connectivity index (χ3v) is 5.39. The molecule has 9 heteroatoms. The number of carbonyl (C=O) groups excluding carboxylic acids is 1. The molecule has 1 aliphatic heterocycles. The number of nitrogens with one attached hydrogen (secondary N) is 2. The molecular formula is C19H14Cl3N5O. The van der Waals surface area contributed by atoms with Crippen molar-refractivity contribution >= 4 is 52.3 Å². The molecule has 28 heavy (non-hydrogen) atoms. The Balaban J connectivity index is 1.77. The summed E-state index contributed by atoms with van der Waals surface area (Å²) in [5.74, 6) is 0.265. The van der Waals surface area contributed by atoms with E-state index in [2.05, 4.69) is 20.7 Å². The maximum Gasteiger partial charge on any atom is 0.255 e. The van der Waals surface area contributed by atoms with Gasteiger partial charge >= 0.3 is 0 Å². The second-order valence-corrected chi connectivity index (χ2v) is 7.48. The lowest BCUT2D eigenvalue weighted by Crippen LogP contribution is -2.31. The molecule has 4 rings (SSSR count). The number of carbonyl (C=O) groups is 1. The van der Waals surface area contributed by atoms with E-state index in [1.54, 1.807) is 41.1 Å². The average molecular weight is 435 g/mol. The summed E-state index contributed by atoms with van der Waals surface area (Å²) in [5.41, 5.74) is 2.56. The molecule has 3 aromatic rings. The lowest BCUT2D eigenvalue weighted by Gasteiger charge is -2.29. The molecule has 2 aromatic carbocycles. The second kappa shape index (κ2) is 7.47. The minimum Gasteiger partial charge on any atom is -0.328 e. The van der Waals surface area contributed by atoms with E-state index in [4.69, 9.17) is 34.8 Å². The van der Waals surface area contributed by atoms with Crippen LogP contribution in [0.1, 0.15) is 18.5 Å². The van der Waals surface area contributed by atoms with E-state index in [0.717, 1.165) is 5.56 Å². The Morgan fingerprint density at radius 3 is 2.57 bits per heavy atom. The Bertz CT molecular complexity index is 1090. The van der Waals surface area contributed by atoms with Crippen LogP contribution in [0.2, 0.25) is 15.1 Å². The Labute approximate surface area is 176 Å². The predicted molar refractivity (Wildman–Crippen MR) is 111 cm³/mol. The van der Waals surface area contributed by atoms with Crippen LogP contribution in [-0.2, 0) is 4.79 Å². The molecule has 142 valence electrons. The monoisotopic (exact) mass is 433 g/mol. The van der Waals surface area contributed by atoms with E-state index < -0.39 is 6.04 Å². The third kappa shape index (κ3) is 3.46. The molecule has 0 fully saturated rings. The van der Waals surface area contributed by atoms with Gasteiger partial charge in [-0.15, -0.1) is 0 Å². The smallest absolute Gasteiger partial charge is 0.255 e. The van der Waals surface area contributed by atoms with Gasteiger partial charge in [-0.3, -0.25) is 4.79 Å². The Morgan fingerprint density at radius 2 is 1.86 bits per heavy atom. The van der Waals surface area contributed by atoms with Crippen molar-refractivity contribution in [2.45, 2.75) is 13.0 Å². The van der Waals surface area contributed by atoms with Crippen LogP contribution in [0.25, 0.3) is 0 Å². The van der Waals surface area contributed by atoms with Crippen LogP contribution < -0.4 is 10.6 Å². The maximum atomic E-state index is 13.2. The summed E-state index contributed by atoms with van der Waals surface area (Å²) >= 11 is 18.2. The van der Waals surface area contributed by atoms with E-state index in [1.165, 1.54) is 6.33 Å². The Kier molecular flexibility index (Phi) is 5.02. The van der Waals surface area contributed by atoms with Gasteiger partial charge in [-0.05, 0) is 48.9 Å². The molecule has 1 atom stereocenters. The quantitative estimate of drug-likeness (QED) is 0.597. The first-order chi connectivity index (χ1) is 13.4. The molecule has 0 spiro atoms. The highest BCUT2D eigenvalue weighted by Gasteiger charge is 2.33. The zero-order chi connectivity index (χ0) is 19.8. The third-order valence-electron chi connectivity index (χ3n) is 4.40. The van der Waals surface area contributed by atoms with E-state index in [1.807, 2.05) is 13.0 Å². The van der Waals surface area contributed by atoms with E-state index >= 15 is 0 Å². The molecule has 6 nitrogen and oxygen atoms in total. The second-order valence-electron chi connectivity index (χ2n) is 6.23. The van der Waals surface area contributed by atoms with Crippen LogP contribution in [0.5, 0.6) is 0 Å². The van der Waals surface area contributed by atoms with Crippen molar-refractivity contribution < 1.29 is 4.79 Å². The van der Waals surface area contributed by atoms with Gasteiger partial charge in [-0.2, -0.15) is 10.1 Å². The van der Waals surface area contributed by atoms with Crippen LogP contribution in [0.3, 0.4) is 0 Å². The van der Waals surface area contributed by atoms with Gasteiger partial charge < -0.3 is 10.6 Å². The summed E-state index contributed by atoms with van der Waals surface area (Å²) in [6, 6.07) is 11.6. The molecule has 1 aliphatic rings. The summed E-state index contributed by atoms with van der Waals surface area (Å²) in [4.78, 5) is 17.4. The fourth-order valence-corrected chi connectivity index (χ4v) is 3.54. The molecule has 0 saturated carbocycles. The van der Waals surface area contributed by atoms with Crippen molar-refractivity contribution in [1.29, 1.82) is 0 Å². The zero-order valence-electron chi connectivity index (χ0n) is 14.6. The van der Waals surface area contributed by atoms with Gasteiger partial charge in [0.1, 0.15) is 12.4 Å². The summed E-state index contributed by atoms with van der Waals surface area (Å²) in [7, 11) is 0. The lowest BCUT2D eigenvalue weighted by atomic mass is 9.95. The van der Waals surface area contributed by atoms with Crippen molar-refractivity contribution in [3.8, 4) is 0 Å². The van der Waals surface area contributed by atoms with Crippen LogP contribution in [0.15, 0.2) is 60.1 Å². The first-order valence-electron chi connectivity index (χ1n) is 8.33. The van der Waals surface area contributed by atoms with Crippen molar-refractivity contribution in [2.24, 2.45) is 0 Å². The van der Waals surface area contributed by atoms with Gasteiger partial charge in [-0.1, -0.05) is 40.9 Å². The molecule has 1 unspecified atom stereocenters. The number of amides is 1. The maximum absolute atomic E-state index is 13.2. The molecular weight excluding hydrogens is 421 g/mol. The minimum atomic E-state index is -0.513. The summed E-state index contributed by atoms with van der Waals surface area (Å²) in [5, 5.41) is 11.7. The summed E-state index contributed by atoms with van der Waals surface area (Å²) in [6.45, 7) is 1.82. The number of benzene rings is 2. The topological polar surface area (TPSA) is 71.8 Å². The molecule has 0 saturated heterocycles. The normalized spacial score (nSPS) is 15.8. The number of fused-ring (bicyclic) bond motifs is 1. The van der Waals surface area contributed by atoms with Crippen LogP contribution >= 0.6 is 34.8 Å².